The van der Waals surface area contributed by atoms with E-state index in [9.17, 15) is 9.90 Å². The summed E-state index contributed by atoms with van der Waals surface area (Å²) in [5, 5.41) is 11.9. The van der Waals surface area contributed by atoms with Crippen LogP contribution in [0.15, 0.2) is 0 Å². The summed E-state index contributed by atoms with van der Waals surface area (Å²) in [6.07, 6.45) is -0.772. The fraction of sp³-hybridized carbons (Fsp3) is 0.909. The van der Waals surface area contributed by atoms with Gasteiger partial charge in [0, 0.05) is 20.1 Å². The van der Waals surface area contributed by atoms with Gasteiger partial charge in [-0.3, -0.25) is 4.79 Å². The van der Waals surface area contributed by atoms with E-state index in [1.165, 1.54) is 7.05 Å². The molecule has 0 aromatic rings. The van der Waals surface area contributed by atoms with Crippen LogP contribution in [0.5, 0.6) is 0 Å². The average molecular weight is 233 g/mol. The first-order valence-corrected chi connectivity index (χ1v) is 5.54. The molecule has 2 N–H and O–H groups in total. The SMILES string of the molecule is CCOCCOC(C)(C)C[C@H](O)C(=O)NC. The van der Waals surface area contributed by atoms with Gasteiger partial charge in [0.2, 0.25) is 5.91 Å². The lowest BCUT2D eigenvalue weighted by Crippen LogP contribution is -2.39. The maximum atomic E-state index is 11.1. The largest absolute Gasteiger partial charge is 0.383 e. The van der Waals surface area contributed by atoms with Crippen molar-refractivity contribution in [3.05, 3.63) is 0 Å². The van der Waals surface area contributed by atoms with Crippen molar-refractivity contribution in [3.8, 4) is 0 Å². The highest BCUT2D eigenvalue weighted by atomic mass is 16.5. The van der Waals surface area contributed by atoms with E-state index in [0.29, 0.717) is 19.8 Å². The molecular weight excluding hydrogens is 210 g/mol. The van der Waals surface area contributed by atoms with Gasteiger partial charge >= 0.3 is 0 Å². The van der Waals surface area contributed by atoms with E-state index >= 15 is 0 Å². The van der Waals surface area contributed by atoms with Gasteiger partial charge < -0.3 is 19.9 Å². The predicted molar refractivity (Wildman–Crippen MR) is 61.2 cm³/mol. The minimum absolute atomic E-state index is 0.263. The highest BCUT2D eigenvalue weighted by Gasteiger charge is 2.26. The quantitative estimate of drug-likeness (QED) is 0.592. The topological polar surface area (TPSA) is 67.8 Å². The molecule has 0 saturated heterocycles. The second kappa shape index (κ2) is 7.60. The van der Waals surface area contributed by atoms with Crippen molar-refractivity contribution in [2.75, 3.05) is 26.9 Å². The third-order valence-electron chi connectivity index (χ3n) is 2.16. The molecule has 0 fully saturated rings. The van der Waals surface area contributed by atoms with E-state index < -0.39 is 11.7 Å². The zero-order valence-electron chi connectivity index (χ0n) is 10.6. The molecular formula is C11H23NO4. The summed E-state index contributed by atoms with van der Waals surface area (Å²) in [5.74, 6) is -0.388. The summed E-state index contributed by atoms with van der Waals surface area (Å²) in [6.45, 7) is 7.23. The van der Waals surface area contributed by atoms with Gasteiger partial charge in [-0.15, -0.1) is 0 Å². The molecule has 0 heterocycles. The van der Waals surface area contributed by atoms with Gasteiger partial charge in [0.05, 0.1) is 18.8 Å². The number of nitrogens with one attached hydrogen (secondary N) is 1. The van der Waals surface area contributed by atoms with Crippen molar-refractivity contribution in [3.63, 3.8) is 0 Å². The standard InChI is InChI=1S/C11H23NO4/c1-5-15-6-7-16-11(2,3)8-9(13)10(14)12-4/h9,13H,5-8H2,1-4H3,(H,12,14)/t9-/m0/s1. The fourth-order valence-electron chi connectivity index (χ4n) is 1.31. The second-order valence-corrected chi connectivity index (χ2v) is 4.14. The first-order chi connectivity index (χ1) is 7.43. The van der Waals surface area contributed by atoms with Crippen LogP contribution in [0.2, 0.25) is 0 Å². The molecule has 1 atom stereocenters. The Labute approximate surface area is 97.1 Å². The van der Waals surface area contributed by atoms with Gasteiger partial charge in [0.25, 0.3) is 0 Å². The van der Waals surface area contributed by atoms with Crippen LogP contribution >= 0.6 is 0 Å². The molecule has 1 amide bonds. The Balaban J connectivity index is 3.89. The van der Waals surface area contributed by atoms with Crippen LogP contribution in [0.1, 0.15) is 27.2 Å². The second-order valence-electron chi connectivity index (χ2n) is 4.14. The van der Waals surface area contributed by atoms with Crippen LogP contribution < -0.4 is 5.32 Å². The Morgan fingerprint density at radius 1 is 1.44 bits per heavy atom. The Morgan fingerprint density at radius 2 is 2.06 bits per heavy atom. The van der Waals surface area contributed by atoms with Crippen molar-refractivity contribution in [1.82, 2.24) is 5.32 Å². The van der Waals surface area contributed by atoms with E-state index in [1.54, 1.807) is 0 Å². The Hall–Kier alpha value is -0.650. The lowest BCUT2D eigenvalue weighted by Gasteiger charge is -2.27. The third kappa shape index (κ3) is 6.76. The highest BCUT2D eigenvalue weighted by Crippen LogP contribution is 2.16. The zero-order chi connectivity index (χ0) is 12.6. The maximum absolute atomic E-state index is 11.1. The molecule has 0 aliphatic rings. The maximum Gasteiger partial charge on any atom is 0.248 e. The van der Waals surface area contributed by atoms with Gasteiger partial charge in [-0.1, -0.05) is 0 Å². The van der Waals surface area contributed by atoms with Crippen molar-refractivity contribution >= 4 is 5.91 Å². The van der Waals surface area contributed by atoms with Crippen LogP contribution in [0.4, 0.5) is 0 Å². The van der Waals surface area contributed by atoms with Crippen molar-refractivity contribution in [1.29, 1.82) is 0 Å². The average Bonchev–Trinajstić information content (AvgIpc) is 2.22. The molecule has 0 rings (SSSR count). The molecule has 16 heavy (non-hydrogen) atoms. The number of likely N-dealkylation sites (N-methyl/N-ethyl adjacent to an activating group) is 1. The minimum Gasteiger partial charge on any atom is -0.383 e. The normalized spacial score (nSPS) is 13.6. The van der Waals surface area contributed by atoms with E-state index in [4.69, 9.17) is 9.47 Å². The number of amides is 1. The van der Waals surface area contributed by atoms with Crippen molar-refractivity contribution in [2.24, 2.45) is 0 Å². The molecule has 0 spiro atoms. The van der Waals surface area contributed by atoms with Crippen LogP contribution in [0.3, 0.4) is 0 Å². The molecule has 0 aromatic heterocycles. The number of carbonyl (C=O) groups excluding carboxylic acids is 1. The number of hydrogen-bond acceptors (Lipinski definition) is 4. The number of aliphatic hydroxyl groups is 1. The van der Waals surface area contributed by atoms with Crippen LogP contribution in [-0.2, 0) is 14.3 Å². The van der Waals surface area contributed by atoms with Gasteiger partial charge in [0.15, 0.2) is 0 Å². The van der Waals surface area contributed by atoms with Gasteiger partial charge in [-0.25, -0.2) is 0 Å². The van der Waals surface area contributed by atoms with Gasteiger partial charge in [0.1, 0.15) is 6.10 Å². The highest BCUT2D eigenvalue weighted by molar-refractivity contribution is 5.80. The molecule has 0 saturated carbocycles. The van der Waals surface area contributed by atoms with E-state index in [2.05, 4.69) is 5.32 Å². The summed E-state index contributed by atoms with van der Waals surface area (Å²) >= 11 is 0. The van der Waals surface area contributed by atoms with Gasteiger partial charge in [-0.05, 0) is 20.8 Å². The summed E-state index contributed by atoms with van der Waals surface area (Å²) in [4.78, 5) is 11.1. The Morgan fingerprint density at radius 3 is 2.56 bits per heavy atom. The summed E-state index contributed by atoms with van der Waals surface area (Å²) in [7, 11) is 1.49. The molecule has 0 aliphatic heterocycles. The zero-order valence-corrected chi connectivity index (χ0v) is 10.6. The molecule has 0 aliphatic carbocycles. The number of rotatable bonds is 8. The first kappa shape index (κ1) is 15.3. The van der Waals surface area contributed by atoms with E-state index in [1.807, 2.05) is 20.8 Å². The number of carbonyl (C=O) groups is 1. The summed E-state index contributed by atoms with van der Waals surface area (Å²) in [6, 6.07) is 0. The van der Waals surface area contributed by atoms with Crippen LogP contribution in [0.25, 0.3) is 0 Å². The predicted octanol–water partition coefficient (Wildman–Crippen LogP) is 0.315. The summed E-state index contributed by atoms with van der Waals surface area (Å²) in [5.41, 5.74) is -0.539. The van der Waals surface area contributed by atoms with Gasteiger partial charge in [-0.2, -0.15) is 0 Å². The molecule has 0 bridgehead atoms. The molecule has 96 valence electrons. The first-order valence-electron chi connectivity index (χ1n) is 5.54. The molecule has 0 unspecified atom stereocenters. The molecule has 0 radical (unpaired) electrons. The molecule has 5 nitrogen and oxygen atoms in total. The fourth-order valence-corrected chi connectivity index (χ4v) is 1.31. The Bertz CT molecular complexity index is 206. The number of ether oxygens (including phenoxy) is 2. The number of hydrogen-bond donors (Lipinski definition) is 2. The monoisotopic (exact) mass is 233 g/mol. The van der Waals surface area contributed by atoms with E-state index in [0.717, 1.165) is 0 Å². The lowest BCUT2D eigenvalue weighted by atomic mass is 10.00. The van der Waals surface area contributed by atoms with Crippen LogP contribution in [0, 0.1) is 0 Å². The summed E-state index contributed by atoms with van der Waals surface area (Å²) < 4.78 is 10.7. The molecule has 5 heteroatoms. The van der Waals surface area contributed by atoms with Crippen LogP contribution in [-0.4, -0.2) is 49.6 Å². The lowest BCUT2D eigenvalue weighted by molar-refractivity contribution is -0.134. The molecule has 0 aromatic carbocycles. The third-order valence-corrected chi connectivity index (χ3v) is 2.16. The Kier molecular flexibility index (Phi) is 7.29. The van der Waals surface area contributed by atoms with Crippen molar-refractivity contribution < 1.29 is 19.4 Å². The minimum atomic E-state index is -1.04. The number of aliphatic hydroxyl groups excluding tert-OH is 1. The van der Waals surface area contributed by atoms with E-state index in [-0.39, 0.29) is 12.3 Å². The smallest absolute Gasteiger partial charge is 0.248 e. The van der Waals surface area contributed by atoms with Crippen molar-refractivity contribution in [2.45, 2.75) is 38.9 Å².